The summed E-state index contributed by atoms with van der Waals surface area (Å²) in [4.78, 5) is 7.93. The molecule has 0 radical (unpaired) electrons. The van der Waals surface area contributed by atoms with Gasteiger partial charge in [0.05, 0.1) is 29.3 Å². The van der Waals surface area contributed by atoms with Crippen LogP contribution in [0.5, 0.6) is 0 Å². The van der Waals surface area contributed by atoms with Crippen LogP contribution in [0.25, 0.3) is 11.0 Å². The predicted molar refractivity (Wildman–Crippen MR) is 95.3 cm³/mol. The summed E-state index contributed by atoms with van der Waals surface area (Å²) >= 11 is 0. The van der Waals surface area contributed by atoms with Crippen molar-refractivity contribution in [3.05, 3.63) is 30.1 Å². The molecule has 2 aliphatic heterocycles. The number of nitrogens with one attached hydrogen (secondary N) is 1. The van der Waals surface area contributed by atoms with E-state index in [4.69, 9.17) is 4.74 Å². The van der Waals surface area contributed by atoms with Crippen molar-refractivity contribution < 1.29 is 13.2 Å². The van der Waals surface area contributed by atoms with E-state index in [2.05, 4.69) is 9.97 Å². The SMILES string of the molecule is C[C@@H]1CN(S(=O)(=O)N2CCC[C@@H]2c2nc3ccccc3[nH]2)C[C@@H](C)O1. The number of ether oxygens (including phenoxy) is 1. The fourth-order valence-electron chi connectivity index (χ4n) is 3.89. The smallest absolute Gasteiger partial charge is 0.282 e. The molecular formula is C17H24N4O3S. The van der Waals surface area contributed by atoms with E-state index in [9.17, 15) is 8.42 Å². The van der Waals surface area contributed by atoms with Crippen LogP contribution >= 0.6 is 0 Å². The third kappa shape index (κ3) is 3.08. The number of H-pyrrole nitrogens is 1. The van der Waals surface area contributed by atoms with E-state index >= 15 is 0 Å². The monoisotopic (exact) mass is 364 g/mol. The molecule has 0 spiro atoms. The molecule has 2 saturated heterocycles. The molecular weight excluding hydrogens is 340 g/mol. The van der Waals surface area contributed by atoms with Gasteiger partial charge in [0.1, 0.15) is 5.82 Å². The van der Waals surface area contributed by atoms with Crippen LogP contribution in [0.4, 0.5) is 0 Å². The van der Waals surface area contributed by atoms with Crippen molar-refractivity contribution in [3.8, 4) is 0 Å². The third-order valence-corrected chi connectivity index (χ3v) is 6.92. The van der Waals surface area contributed by atoms with E-state index < -0.39 is 10.2 Å². The first-order chi connectivity index (χ1) is 11.9. The minimum absolute atomic E-state index is 0.0919. The molecule has 1 aromatic heterocycles. The minimum Gasteiger partial charge on any atom is -0.373 e. The Kier molecular flexibility index (Phi) is 4.31. The van der Waals surface area contributed by atoms with E-state index in [0.717, 1.165) is 29.7 Å². The molecule has 1 N–H and O–H groups in total. The zero-order valence-electron chi connectivity index (χ0n) is 14.6. The predicted octanol–water partition coefficient (Wildman–Crippen LogP) is 2.05. The maximum Gasteiger partial charge on any atom is 0.282 e. The van der Waals surface area contributed by atoms with E-state index in [-0.39, 0.29) is 18.2 Å². The van der Waals surface area contributed by atoms with Crippen molar-refractivity contribution in [2.75, 3.05) is 19.6 Å². The summed E-state index contributed by atoms with van der Waals surface area (Å²) in [5.41, 5.74) is 1.81. The molecule has 0 unspecified atom stereocenters. The van der Waals surface area contributed by atoms with Gasteiger partial charge in [-0.15, -0.1) is 0 Å². The van der Waals surface area contributed by atoms with Gasteiger partial charge in [-0.1, -0.05) is 12.1 Å². The van der Waals surface area contributed by atoms with E-state index in [1.165, 1.54) is 0 Å². The van der Waals surface area contributed by atoms with Crippen LogP contribution < -0.4 is 0 Å². The van der Waals surface area contributed by atoms with Gasteiger partial charge >= 0.3 is 0 Å². The van der Waals surface area contributed by atoms with Crippen LogP contribution in [-0.2, 0) is 14.9 Å². The number of para-hydroxylation sites is 2. The highest BCUT2D eigenvalue weighted by molar-refractivity contribution is 7.86. The summed E-state index contributed by atoms with van der Waals surface area (Å²) in [5.74, 6) is 0.733. The molecule has 3 heterocycles. The molecule has 2 aromatic rings. The average molecular weight is 364 g/mol. The zero-order valence-corrected chi connectivity index (χ0v) is 15.4. The molecule has 0 bridgehead atoms. The molecule has 8 heteroatoms. The Labute approximate surface area is 148 Å². The lowest BCUT2D eigenvalue weighted by Gasteiger charge is -2.37. The van der Waals surface area contributed by atoms with E-state index in [0.29, 0.717) is 19.6 Å². The Balaban J connectivity index is 1.64. The summed E-state index contributed by atoms with van der Waals surface area (Å²) in [6, 6.07) is 7.56. The fourth-order valence-corrected chi connectivity index (χ4v) is 5.87. The van der Waals surface area contributed by atoms with Gasteiger partial charge in [0, 0.05) is 19.6 Å². The second-order valence-corrected chi connectivity index (χ2v) is 8.87. The van der Waals surface area contributed by atoms with Crippen LogP contribution in [0.2, 0.25) is 0 Å². The number of nitrogens with zero attached hydrogens (tertiary/aromatic N) is 3. The summed E-state index contributed by atoms with van der Waals surface area (Å²) in [6.45, 7) is 5.16. The summed E-state index contributed by atoms with van der Waals surface area (Å²) in [7, 11) is -3.54. The first kappa shape index (κ1) is 17.0. The van der Waals surface area contributed by atoms with Crippen LogP contribution in [-0.4, -0.2) is 58.8 Å². The summed E-state index contributed by atoms with van der Waals surface area (Å²) in [5, 5.41) is 0. The molecule has 3 atom stereocenters. The third-order valence-electron chi connectivity index (χ3n) is 4.94. The van der Waals surface area contributed by atoms with Gasteiger partial charge in [0.15, 0.2) is 0 Å². The number of aromatic nitrogens is 2. The number of hydrogen-bond donors (Lipinski definition) is 1. The lowest BCUT2D eigenvalue weighted by molar-refractivity contribution is -0.0455. The highest BCUT2D eigenvalue weighted by atomic mass is 32.2. The molecule has 25 heavy (non-hydrogen) atoms. The lowest BCUT2D eigenvalue weighted by Crippen LogP contribution is -2.52. The molecule has 2 fully saturated rings. The number of aromatic amines is 1. The Morgan fingerprint density at radius 1 is 1.20 bits per heavy atom. The molecule has 0 aliphatic carbocycles. The molecule has 7 nitrogen and oxygen atoms in total. The maximum absolute atomic E-state index is 13.2. The first-order valence-electron chi connectivity index (χ1n) is 8.82. The molecule has 0 saturated carbocycles. The van der Waals surface area contributed by atoms with Crippen molar-refractivity contribution >= 4 is 21.2 Å². The van der Waals surface area contributed by atoms with Crippen LogP contribution in [0.1, 0.15) is 38.6 Å². The van der Waals surface area contributed by atoms with Crippen molar-refractivity contribution in [1.82, 2.24) is 18.6 Å². The van der Waals surface area contributed by atoms with E-state index in [1.807, 2.05) is 38.1 Å². The number of morpholine rings is 1. The normalized spacial score (nSPS) is 29.4. The number of rotatable bonds is 3. The van der Waals surface area contributed by atoms with Gasteiger partial charge in [-0.3, -0.25) is 0 Å². The molecule has 136 valence electrons. The van der Waals surface area contributed by atoms with Crippen LogP contribution in [0.15, 0.2) is 24.3 Å². The summed E-state index contributed by atoms with van der Waals surface area (Å²) in [6.07, 6.45) is 1.45. The number of hydrogen-bond acceptors (Lipinski definition) is 4. The molecule has 1 aromatic carbocycles. The number of fused-ring (bicyclic) bond motifs is 1. The highest BCUT2D eigenvalue weighted by Crippen LogP contribution is 2.35. The number of benzene rings is 1. The fraction of sp³-hybridized carbons (Fsp3) is 0.588. The van der Waals surface area contributed by atoms with Crippen LogP contribution in [0, 0.1) is 0 Å². The van der Waals surface area contributed by atoms with Gasteiger partial charge in [-0.05, 0) is 38.8 Å². The van der Waals surface area contributed by atoms with E-state index in [1.54, 1.807) is 8.61 Å². The van der Waals surface area contributed by atoms with Gasteiger partial charge in [-0.2, -0.15) is 17.0 Å². The Morgan fingerprint density at radius 3 is 2.64 bits per heavy atom. The largest absolute Gasteiger partial charge is 0.373 e. The van der Waals surface area contributed by atoms with Gasteiger partial charge in [-0.25, -0.2) is 4.98 Å². The molecule has 2 aliphatic rings. The minimum atomic E-state index is -3.54. The Morgan fingerprint density at radius 2 is 1.92 bits per heavy atom. The van der Waals surface area contributed by atoms with Crippen molar-refractivity contribution in [1.29, 1.82) is 0 Å². The Hall–Kier alpha value is -1.48. The van der Waals surface area contributed by atoms with Crippen LogP contribution in [0.3, 0.4) is 0 Å². The van der Waals surface area contributed by atoms with Crippen molar-refractivity contribution in [2.24, 2.45) is 0 Å². The second-order valence-electron chi connectivity index (χ2n) is 6.99. The van der Waals surface area contributed by atoms with Gasteiger partial charge in [0.25, 0.3) is 10.2 Å². The van der Waals surface area contributed by atoms with Crippen molar-refractivity contribution in [2.45, 2.75) is 44.9 Å². The first-order valence-corrected chi connectivity index (χ1v) is 10.2. The standard InChI is InChI=1S/C17H24N4O3S/c1-12-10-20(11-13(2)24-12)25(22,23)21-9-5-8-16(21)17-18-14-6-3-4-7-15(14)19-17/h3-4,6-7,12-13,16H,5,8-11H2,1-2H3,(H,18,19)/t12-,13-,16-/m1/s1. The molecule has 0 amide bonds. The average Bonchev–Trinajstić information content (AvgIpc) is 3.20. The summed E-state index contributed by atoms with van der Waals surface area (Å²) < 4.78 is 35.3. The quantitative estimate of drug-likeness (QED) is 0.904. The van der Waals surface area contributed by atoms with Gasteiger partial charge in [0.2, 0.25) is 0 Å². The lowest BCUT2D eigenvalue weighted by atomic mass is 10.2. The second kappa shape index (κ2) is 6.35. The maximum atomic E-state index is 13.2. The highest BCUT2D eigenvalue weighted by Gasteiger charge is 2.42. The molecule has 4 rings (SSSR count). The van der Waals surface area contributed by atoms with Gasteiger partial charge < -0.3 is 9.72 Å². The number of imidazole rings is 1. The topological polar surface area (TPSA) is 78.5 Å². The Bertz CT molecular complexity index is 823. The van der Waals surface area contributed by atoms with Crippen molar-refractivity contribution in [3.63, 3.8) is 0 Å². The zero-order chi connectivity index (χ0) is 17.6.